The minimum atomic E-state index is -0.00163. The first kappa shape index (κ1) is 16.5. The third-order valence-corrected chi connectivity index (χ3v) is 4.76. The van der Waals surface area contributed by atoms with E-state index in [0.717, 1.165) is 30.1 Å². The van der Waals surface area contributed by atoms with Crippen molar-refractivity contribution >= 4 is 11.7 Å². The van der Waals surface area contributed by atoms with Crippen molar-refractivity contribution in [2.75, 3.05) is 18.4 Å². The van der Waals surface area contributed by atoms with Gasteiger partial charge in [-0.25, -0.2) is 4.98 Å². The van der Waals surface area contributed by atoms with Crippen molar-refractivity contribution < 1.29 is 4.79 Å². The van der Waals surface area contributed by atoms with Crippen LogP contribution in [-0.4, -0.2) is 24.0 Å². The number of hydrogen-bond acceptors (Lipinski definition) is 3. The number of pyridine rings is 1. The number of nitrogens with zero attached hydrogens (tertiary/aromatic N) is 1. The van der Waals surface area contributed by atoms with Gasteiger partial charge < -0.3 is 10.6 Å². The first-order valence-corrected chi connectivity index (χ1v) is 8.81. The van der Waals surface area contributed by atoms with E-state index in [0.29, 0.717) is 13.1 Å². The fraction of sp³-hybridized carbons (Fsp3) is 0.400. The van der Waals surface area contributed by atoms with Gasteiger partial charge in [0, 0.05) is 24.8 Å². The van der Waals surface area contributed by atoms with E-state index in [1.807, 2.05) is 24.3 Å². The van der Waals surface area contributed by atoms with Gasteiger partial charge in [0.05, 0.1) is 0 Å². The molecule has 3 rings (SSSR count). The van der Waals surface area contributed by atoms with Crippen LogP contribution in [0.1, 0.15) is 41.3 Å². The Hall–Kier alpha value is -2.36. The van der Waals surface area contributed by atoms with Gasteiger partial charge in [0.25, 0.3) is 5.91 Å². The summed E-state index contributed by atoms with van der Waals surface area (Å²) in [6.07, 6.45) is 6.47. The second kappa shape index (κ2) is 7.95. The number of carbonyl (C=O) groups is 1. The van der Waals surface area contributed by atoms with Crippen molar-refractivity contribution in [3.63, 3.8) is 0 Å². The van der Waals surface area contributed by atoms with Gasteiger partial charge in [-0.3, -0.25) is 4.79 Å². The lowest BCUT2D eigenvalue weighted by Gasteiger charge is -2.24. The fourth-order valence-corrected chi connectivity index (χ4v) is 3.26. The molecule has 0 aliphatic heterocycles. The largest absolute Gasteiger partial charge is 0.368 e. The Morgan fingerprint density at radius 2 is 2.12 bits per heavy atom. The number of hydrogen-bond donors (Lipinski definition) is 2. The maximum Gasteiger partial charge on any atom is 0.251 e. The van der Waals surface area contributed by atoms with Crippen LogP contribution in [0.4, 0.5) is 5.82 Å². The molecule has 0 fully saturated rings. The van der Waals surface area contributed by atoms with Crippen molar-refractivity contribution in [1.82, 2.24) is 10.3 Å². The summed E-state index contributed by atoms with van der Waals surface area (Å²) in [5.74, 6) is 1.62. The van der Waals surface area contributed by atoms with Crippen LogP contribution in [0.5, 0.6) is 0 Å². The predicted octanol–water partition coefficient (Wildman–Crippen LogP) is 3.44. The third kappa shape index (κ3) is 4.13. The summed E-state index contributed by atoms with van der Waals surface area (Å²) in [5.41, 5.74) is 3.53. The van der Waals surface area contributed by atoms with Gasteiger partial charge in [0.15, 0.2) is 0 Å². The summed E-state index contributed by atoms with van der Waals surface area (Å²) in [7, 11) is 0. The van der Waals surface area contributed by atoms with E-state index in [-0.39, 0.29) is 5.91 Å². The van der Waals surface area contributed by atoms with Gasteiger partial charge in [-0.2, -0.15) is 0 Å². The minimum Gasteiger partial charge on any atom is -0.368 e. The number of rotatable bonds is 6. The summed E-state index contributed by atoms with van der Waals surface area (Å²) in [5, 5.41) is 6.15. The molecule has 0 saturated heterocycles. The molecule has 2 N–H and O–H groups in total. The van der Waals surface area contributed by atoms with Crippen LogP contribution >= 0.6 is 0 Å². The Morgan fingerprint density at radius 3 is 2.92 bits per heavy atom. The van der Waals surface area contributed by atoms with Gasteiger partial charge in [-0.15, -0.1) is 0 Å². The highest BCUT2D eigenvalue weighted by Gasteiger charge is 2.18. The zero-order valence-electron chi connectivity index (χ0n) is 14.2. The molecular formula is C20H25N3O. The van der Waals surface area contributed by atoms with Crippen LogP contribution in [0.2, 0.25) is 0 Å². The van der Waals surface area contributed by atoms with Crippen molar-refractivity contribution in [3.8, 4) is 0 Å². The SMILES string of the molecule is CCC1CCc2cc(C(=O)NCCNc3ccccn3)ccc2C1. The van der Waals surface area contributed by atoms with Crippen LogP contribution in [-0.2, 0) is 12.8 Å². The van der Waals surface area contributed by atoms with Crippen LogP contribution in [0.3, 0.4) is 0 Å². The topological polar surface area (TPSA) is 54.0 Å². The number of nitrogens with one attached hydrogen (secondary N) is 2. The normalized spacial score (nSPS) is 16.3. The summed E-state index contributed by atoms with van der Waals surface area (Å²) < 4.78 is 0. The van der Waals surface area contributed by atoms with Crippen LogP contribution in [0.15, 0.2) is 42.6 Å². The van der Waals surface area contributed by atoms with Gasteiger partial charge in [-0.05, 0) is 60.6 Å². The Morgan fingerprint density at radius 1 is 1.21 bits per heavy atom. The smallest absolute Gasteiger partial charge is 0.251 e. The fourth-order valence-electron chi connectivity index (χ4n) is 3.26. The van der Waals surface area contributed by atoms with E-state index in [4.69, 9.17) is 0 Å². The third-order valence-electron chi connectivity index (χ3n) is 4.76. The van der Waals surface area contributed by atoms with Gasteiger partial charge in [0.1, 0.15) is 5.82 Å². The lowest BCUT2D eigenvalue weighted by Crippen LogP contribution is -2.29. The number of benzene rings is 1. The molecule has 1 amide bonds. The average molecular weight is 323 g/mol. The standard InChI is InChI=1S/C20H25N3O/c1-2-15-6-7-17-14-18(9-8-16(17)13-15)20(24)23-12-11-22-19-5-3-4-10-21-19/h3-5,8-10,14-15H,2,6-7,11-13H2,1H3,(H,21,22)(H,23,24). The van der Waals surface area contributed by atoms with Crippen molar-refractivity contribution in [1.29, 1.82) is 0 Å². The second-order valence-electron chi connectivity index (χ2n) is 6.40. The molecule has 0 spiro atoms. The van der Waals surface area contributed by atoms with Gasteiger partial charge in [-0.1, -0.05) is 25.5 Å². The molecule has 126 valence electrons. The number of aromatic nitrogens is 1. The Bertz CT molecular complexity index is 685. The highest BCUT2D eigenvalue weighted by atomic mass is 16.1. The van der Waals surface area contributed by atoms with Crippen LogP contribution < -0.4 is 10.6 Å². The van der Waals surface area contributed by atoms with Crippen molar-refractivity contribution in [2.45, 2.75) is 32.6 Å². The molecular weight excluding hydrogens is 298 g/mol. The number of carbonyl (C=O) groups excluding carboxylic acids is 1. The maximum absolute atomic E-state index is 12.3. The number of amides is 1. The molecule has 4 nitrogen and oxygen atoms in total. The zero-order chi connectivity index (χ0) is 16.8. The van der Waals surface area contributed by atoms with E-state index >= 15 is 0 Å². The highest BCUT2D eigenvalue weighted by molar-refractivity contribution is 5.94. The lowest BCUT2D eigenvalue weighted by molar-refractivity contribution is 0.0955. The molecule has 1 unspecified atom stereocenters. The molecule has 2 aromatic rings. The molecule has 24 heavy (non-hydrogen) atoms. The monoisotopic (exact) mass is 323 g/mol. The molecule has 1 atom stereocenters. The number of anilines is 1. The summed E-state index contributed by atoms with van der Waals surface area (Å²) >= 11 is 0. The van der Waals surface area contributed by atoms with Crippen LogP contribution in [0, 0.1) is 5.92 Å². The molecule has 1 aromatic carbocycles. The van der Waals surface area contributed by atoms with E-state index < -0.39 is 0 Å². The van der Waals surface area contributed by atoms with Crippen LogP contribution in [0.25, 0.3) is 0 Å². The quantitative estimate of drug-likeness (QED) is 0.801. The molecule has 1 aromatic heterocycles. The Labute approximate surface area is 143 Å². The summed E-state index contributed by atoms with van der Waals surface area (Å²) in [4.78, 5) is 16.5. The van der Waals surface area contributed by atoms with Crippen molar-refractivity contribution in [2.24, 2.45) is 5.92 Å². The van der Waals surface area contributed by atoms with E-state index in [1.165, 1.54) is 24.0 Å². The molecule has 1 aliphatic carbocycles. The first-order valence-electron chi connectivity index (χ1n) is 8.81. The van der Waals surface area contributed by atoms with Gasteiger partial charge >= 0.3 is 0 Å². The Balaban J connectivity index is 1.50. The van der Waals surface area contributed by atoms with E-state index in [1.54, 1.807) is 6.20 Å². The van der Waals surface area contributed by atoms with E-state index in [9.17, 15) is 4.79 Å². The number of aryl methyl sites for hydroxylation is 1. The molecule has 4 heteroatoms. The molecule has 1 aliphatic rings. The highest BCUT2D eigenvalue weighted by Crippen LogP contribution is 2.28. The summed E-state index contributed by atoms with van der Waals surface area (Å²) in [6.45, 7) is 3.49. The minimum absolute atomic E-state index is 0.00163. The Kier molecular flexibility index (Phi) is 5.47. The summed E-state index contributed by atoms with van der Waals surface area (Å²) in [6, 6.07) is 11.9. The van der Waals surface area contributed by atoms with Crippen molar-refractivity contribution in [3.05, 3.63) is 59.3 Å². The van der Waals surface area contributed by atoms with E-state index in [2.05, 4.69) is 34.7 Å². The van der Waals surface area contributed by atoms with Gasteiger partial charge in [0.2, 0.25) is 0 Å². The molecule has 0 saturated carbocycles. The zero-order valence-corrected chi connectivity index (χ0v) is 14.2. The molecule has 1 heterocycles. The molecule has 0 radical (unpaired) electrons. The number of fused-ring (bicyclic) bond motifs is 1. The lowest BCUT2D eigenvalue weighted by atomic mass is 9.82. The maximum atomic E-state index is 12.3. The molecule has 0 bridgehead atoms. The predicted molar refractivity (Wildman–Crippen MR) is 97.3 cm³/mol. The average Bonchev–Trinajstić information content (AvgIpc) is 2.65. The second-order valence-corrected chi connectivity index (χ2v) is 6.40. The first-order chi connectivity index (χ1) is 11.8.